The molecule has 0 aliphatic heterocycles. The van der Waals surface area contributed by atoms with E-state index in [0.717, 1.165) is 36.8 Å². The maximum absolute atomic E-state index is 12.7. The van der Waals surface area contributed by atoms with Gasteiger partial charge in [-0.05, 0) is 61.1 Å². The average molecular weight is 393 g/mol. The van der Waals surface area contributed by atoms with Gasteiger partial charge in [0.2, 0.25) is 20.0 Å². The highest BCUT2D eigenvalue weighted by molar-refractivity contribution is 7.90. The second-order valence-electron chi connectivity index (χ2n) is 6.78. The van der Waals surface area contributed by atoms with Gasteiger partial charge in [-0.15, -0.1) is 0 Å². The van der Waals surface area contributed by atoms with Gasteiger partial charge < -0.3 is 0 Å². The molecule has 138 valence electrons. The molecule has 1 saturated carbocycles. The second-order valence-corrected chi connectivity index (χ2v) is 10.2. The topological polar surface area (TPSA) is 92.3 Å². The summed E-state index contributed by atoms with van der Waals surface area (Å²) < 4.78 is 55.0. The predicted octanol–water partition coefficient (Wildman–Crippen LogP) is 2.09. The second kappa shape index (κ2) is 6.45. The number of sulfonamides is 2. The lowest BCUT2D eigenvalue weighted by molar-refractivity contribution is 0.554. The molecule has 6 nitrogen and oxygen atoms in total. The van der Waals surface area contributed by atoms with E-state index in [2.05, 4.69) is 9.44 Å². The number of nitrogens with one attached hydrogen (secondary N) is 2. The summed E-state index contributed by atoms with van der Waals surface area (Å²) in [6, 6.07) is 12.9. The molecule has 1 fully saturated rings. The van der Waals surface area contributed by atoms with Gasteiger partial charge in [0.25, 0.3) is 0 Å². The van der Waals surface area contributed by atoms with Crippen LogP contribution in [0.2, 0.25) is 0 Å². The van der Waals surface area contributed by atoms with Gasteiger partial charge in [0.1, 0.15) is 0 Å². The quantitative estimate of drug-likeness (QED) is 0.787. The molecular weight excluding hydrogens is 372 g/mol. The molecule has 0 bridgehead atoms. The van der Waals surface area contributed by atoms with Crippen molar-refractivity contribution < 1.29 is 16.8 Å². The van der Waals surface area contributed by atoms with E-state index < -0.39 is 20.0 Å². The van der Waals surface area contributed by atoms with Crippen LogP contribution in [0.3, 0.4) is 0 Å². The molecular formula is C18H20N2O4S2. The highest BCUT2D eigenvalue weighted by Gasteiger charge is 2.29. The Bertz CT molecular complexity index is 1030. The molecule has 0 heterocycles. The van der Waals surface area contributed by atoms with Crippen LogP contribution in [-0.2, 0) is 26.5 Å². The number of hydrogen-bond donors (Lipinski definition) is 2. The first-order valence-electron chi connectivity index (χ1n) is 8.58. The molecule has 0 radical (unpaired) electrons. The van der Waals surface area contributed by atoms with Gasteiger partial charge >= 0.3 is 0 Å². The number of fused-ring (bicyclic) bond motifs is 1. The molecule has 8 heteroatoms. The van der Waals surface area contributed by atoms with Crippen molar-refractivity contribution in [3.8, 4) is 0 Å². The normalized spacial score (nSPS) is 20.1. The van der Waals surface area contributed by atoms with Crippen molar-refractivity contribution in [3.05, 3.63) is 59.7 Å². The van der Waals surface area contributed by atoms with Gasteiger partial charge in [0.05, 0.1) is 9.79 Å². The zero-order valence-corrected chi connectivity index (χ0v) is 15.7. The van der Waals surface area contributed by atoms with Crippen LogP contribution in [0.1, 0.15) is 36.4 Å². The Morgan fingerprint density at radius 3 is 1.92 bits per heavy atom. The molecule has 26 heavy (non-hydrogen) atoms. The van der Waals surface area contributed by atoms with Crippen molar-refractivity contribution in [2.75, 3.05) is 0 Å². The summed E-state index contributed by atoms with van der Waals surface area (Å²) in [6.07, 6.45) is 3.25. The van der Waals surface area contributed by atoms with Crippen molar-refractivity contribution in [1.82, 2.24) is 9.44 Å². The Hall–Kier alpha value is -1.74. The highest BCUT2D eigenvalue weighted by atomic mass is 32.2. The van der Waals surface area contributed by atoms with Crippen LogP contribution in [0.25, 0.3) is 0 Å². The standard InChI is InChI=1S/C18H20N2O4S2/c21-25(22,19-14-6-7-14)15-8-10-16(11-9-15)26(23,24)20-18-12-5-13-3-1-2-4-17(13)18/h1-4,8-11,14,18-20H,5-7,12H2/t18-/m0/s1. The van der Waals surface area contributed by atoms with Gasteiger partial charge in [-0.3, -0.25) is 0 Å². The number of hydrogen-bond acceptors (Lipinski definition) is 4. The average Bonchev–Trinajstić information content (AvgIpc) is 3.33. The minimum absolute atomic E-state index is 0.00695. The Labute approximate surface area is 153 Å². The minimum atomic E-state index is -3.72. The first kappa shape index (κ1) is 17.7. The van der Waals surface area contributed by atoms with E-state index in [9.17, 15) is 16.8 Å². The summed E-state index contributed by atoms with van der Waals surface area (Å²) in [6.45, 7) is 0. The van der Waals surface area contributed by atoms with Crippen molar-refractivity contribution in [3.63, 3.8) is 0 Å². The van der Waals surface area contributed by atoms with E-state index in [-0.39, 0.29) is 21.9 Å². The molecule has 0 unspecified atom stereocenters. The van der Waals surface area contributed by atoms with E-state index in [1.807, 2.05) is 24.3 Å². The third kappa shape index (κ3) is 3.55. The molecule has 1 atom stereocenters. The van der Waals surface area contributed by atoms with Crippen molar-refractivity contribution >= 4 is 20.0 Å². The van der Waals surface area contributed by atoms with E-state index >= 15 is 0 Å². The third-order valence-corrected chi connectivity index (χ3v) is 7.80. The lowest BCUT2D eigenvalue weighted by Gasteiger charge is -2.15. The molecule has 2 aliphatic rings. The number of aryl methyl sites for hydroxylation is 1. The highest BCUT2D eigenvalue weighted by Crippen LogP contribution is 2.32. The first-order chi connectivity index (χ1) is 12.4. The zero-order chi connectivity index (χ0) is 18.4. The van der Waals surface area contributed by atoms with Crippen molar-refractivity contribution in [2.24, 2.45) is 0 Å². The fourth-order valence-electron chi connectivity index (χ4n) is 3.22. The SMILES string of the molecule is O=S(=O)(NC1CC1)c1ccc(S(=O)(=O)N[C@H]2CCc3ccccc32)cc1. The molecule has 0 spiro atoms. The molecule has 2 aliphatic carbocycles. The molecule has 0 saturated heterocycles. The molecule has 0 amide bonds. The maximum Gasteiger partial charge on any atom is 0.241 e. The van der Waals surface area contributed by atoms with Crippen LogP contribution >= 0.6 is 0 Å². The van der Waals surface area contributed by atoms with Crippen LogP contribution in [0.4, 0.5) is 0 Å². The Balaban J connectivity index is 1.53. The van der Waals surface area contributed by atoms with Crippen LogP contribution in [0.5, 0.6) is 0 Å². The first-order valence-corrected chi connectivity index (χ1v) is 11.5. The predicted molar refractivity (Wildman–Crippen MR) is 97.6 cm³/mol. The molecule has 2 aromatic carbocycles. The van der Waals surface area contributed by atoms with Crippen LogP contribution in [0.15, 0.2) is 58.3 Å². The summed E-state index contributed by atoms with van der Waals surface area (Å²) in [5.74, 6) is 0. The van der Waals surface area contributed by atoms with E-state index in [0.29, 0.717) is 0 Å². The lowest BCUT2D eigenvalue weighted by atomic mass is 10.1. The number of benzene rings is 2. The zero-order valence-electron chi connectivity index (χ0n) is 14.1. The van der Waals surface area contributed by atoms with E-state index in [4.69, 9.17) is 0 Å². The summed E-state index contributed by atoms with van der Waals surface area (Å²) >= 11 is 0. The summed E-state index contributed by atoms with van der Waals surface area (Å²) in [5, 5.41) is 0. The van der Waals surface area contributed by atoms with Crippen LogP contribution < -0.4 is 9.44 Å². The van der Waals surface area contributed by atoms with Crippen LogP contribution in [-0.4, -0.2) is 22.9 Å². The molecule has 4 rings (SSSR count). The largest absolute Gasteiger partial charge is 0.241 e. The summed E-state index contributed by atoms with van der Waals surface area (Å²) in [5.41, 5.74) is 2.16. The Morgan fingerprint density at radius 1 is 0.731 bits per heavy atom. The summed E-state index contributed by atoms with van der Waals surface area (Å²) in [4.78, 5) is 0.141. The molecule has 2 N–H and O–H groups in total. The minimum Gasteiger partial charge on any atom is -0.208 e. The molecule has 0 aromatic heterocycles. The lowest BCUT2D eigenvalue weighted by Crippen LogP contribution is -2.28. The van der Waals surface area contributed by atoms with Crippen molar-refractivity contribution in [1.29, 1.82) is 0 Å². The number of rotatable bonds is 6. The summed E-state index contributed by atoms with van der Waals surface area (Å²) in [7, 11) is -7.31. The smallest absolute Gasteiger partial charge is 0.208 e. The van der Waals surface area contributed by atoms with Crippen molar-refractivity contribution in [2.45, 2.75) is 47.6 Å². The van der Waals surface area contributed by atoms with Gasteiger partial charge in [-0.2, -0.15) is 0 Å². The molecule has 2 aromatic rings. The fourth-order valence-corrected chi connectivity index (χ4v) is 5.78. The monoisotopic (exact) mass is 392 g/mol. The third-order valence-electron chi connectivity index (χ3n) is 4.77. The Morgan fingerprint density at radius 2 is 1.31 bits per heavy atom. The van der Waals surface area contributed by atoms with Gasteiger partial charge in [0, 0.05) is 12.1 Å². The maximum atomic E-state index is 12.7. The fraction of sp³-hybridized carbons (Fsp3) is 0.333. The van der Waals surface area contributed by atoms with E-state index in [1.54, 1.807) is 0 Å². The van der Waals surface area contributed by atoms with Gasteiger partial charge in [-0.1, -0.05) is 24.3 Å². The van der Waals surface area contributed by atoms with Gasteiger partial charge in [-0.25, -0.2) is 26.3 Å². The van der Waals surface area contributed by atoms with E-state index in [1.165, 1.54) is 24.3 Å². The Kier molecular flexibility index (Phi) is 4.38. The van der Waals surface area contributed by atoms with Gasteiger partial charge in [0.15, 0.2) is 0 Å². The van der Waals surface area contributed by atoms with Crippen LogP contribution in [0, 0.1) is 0 Å².